The summed E-state index contributed by atoms with van der Waals surface area (Å²) in [5.41, 5.74) is 1.88. The van der Waals surface area contributed by atoms with E-state index in [-0.39, 0.29) is 18.0 Å². The number of carbonyl (C=O) groups excluding carboxylic acids is 1. The van der Waals surface area contributed by atoms with Crippen LogP contribution in [0.1, 0.15) is 18.1 Å². The molecule has 0 bridgehead atoms. The molecule has 0 fully saturated rings. The molecule has 0 saturated carbocycles. The monoisotopic (exact) mass is 638 g/mol. The number of hydrogen-bond donors (Lipinski definition) is 1. The summed E-state index contributed by atoms with van der Waals surface area (Å²) >= 11 is 3.41. The molecular formula is C28H23IN4O4S. The number of hydrogen-bond acceptors (Lipinski definition) is 7. The fourth-order valence-electron chi connectivity index (χ4n) is 3.72. The van der Waals surface area contributed by atoms with Crippen molar-refractivity contribution in [3.8, 4) is 17.2 Å². The summed E-state index contributed by atoms with van der Waals surface area (Å²) in [5.74, 6) is 1.38. The lowest BCUT2D eigenvalue weighted by molar-refractivity contribution is -0.114. The van der Waals surface area contributed by atoms with E-state index in [1.807, 2.05) is 73.7 Å². The predicted octanol–water partition coefficient (Wildman–Crippen LogP) is 5.97. The van der Waals surface area contributed by atoms with Gasteiger partial charge < -0.3 is 14.2 Å². The number of amides is 1. The minimum atomic E-state index is -0.494. The Labute approximate surface area is 238 Å². The molecule has 8 nitrogen and oxygen atoms in total. The molecule has 0 spiro atoms. The van der Waals surface area contributed by atoms with Crippen molar-refractivity contribution in [3.63, 3.8) is 0 Å². The molecule has 192 valence electrons. The van der Waals surface area contributed by atoms with E-state index in [1.165, 1.54) is 16.8 Å². The first-order chi connectivity index (χ1) is 18.5. The summed E-state index contributed by atoms with van der Waals surface area (Å²) < 4.78 is 18.5. The number of thioether (sulfide) groups is 1. The standard InChI is InChI=1S/C28H23IN4O4S/c1-2-35-23-15-19(14-22(29)25(23)37-16-18-9-5-3-6-10-18)13-21-26(30)33-28(31-27(21)34)38-24(32-33)17-36-20-11-7-4-8-12-20/h3-15,30H,2,16-17H2,1H3/b21-13-,30-26?. The van der Waals surface area contributed by atoms with Crippen LogP contribution >= 0.6 is 34.4 Å². The highest BCUT2D eigenvalue weighted by Crippen LogP contribution is 2.36. The van der Waals surface area contributed by atoms with Crippen LogP contribution in [-0.4, -0.2) is 40.2 Å². The van der Waals surface area contributed by atoms with Gasteiger partial charge in [-0.05, 0) is 82.7 Å². The number of amidine groups is 2. The van der Waals surface area contributed by atoms with Gasteiger partial charge in [0.2, 0.25) is 5.17 Å². The number of fused-ring (bicyclic) bond motifs is 1. The fourth-order valence-corrected chi connectivity index (χ4v) is 5.30. The van der Waals surface area contributed by atoms with Crippen molar-refractivity contribution in [1.82, 2.24) is 5.01 Å². The van der Waals surface area contributed by atoms with Crippen molar-refractivity contribution in [2.24, 2.45) is 10.1 Å². The number of para-hydroxylation sites is 1. The first kappa shape index (κ1) is 26.0. The van der Waals surface area contributed by atoms with Crippen LogP contribution in [0.3, 0.4) is 0 Å². The predicted molar refractivity (Wildman–Crippen MR) is 158 cm³/mol. The fraction of sp³-hybridized carbons (Fsp3) is 0.143. The van der Waals surface area contributed by atoms with Crippen molar-refractivity contribution in [2.45, 2.75) is 13.5 Å². The Morgan fingerprint density at radius 1 is 1.00 bits per heavy atom. The Bertz CT molecular complexity index is 1460. The quantitative estimate of drug-likeness (QED) is 0.229. The molecule has 2 aliphatic rings. The largest absolute Gasteiger partial charge is 0.490 e. The molecule has 2 heterocycles. The molecule has 1 amide bonds. The molecule has 0 aromatic heterocycles. The first-order valence-electron chi connectivity index (χ1n) is 11.8. The van der Waals surface area contributed by atoms with Crippen molar-refractivity contribution in [3.05, 3.63) is 93.1 Å². The summed E-state index contributed by atoms with van der Waals surface area (Å²) in [6.07, 6.45) is 1.63. The van der Waals surface area contributed by atoms with Gasteiger partial charge in [-0.1, -0.05) is 48.5 Å². The lowest BCUT2D eigenvalue weighted by Gasteiger charge is -2.20. The maximum absolute atomic E-state index is 12.9. The van der Waals surface area contributed by atoms with Gasteiger partial charge in [0.1, 0.15) is 24.0 Å². The van der Waals surface area contributed by atoms with Crippen molar-refractivity contribution in [1.29, 1.82) is 5.41 Å². The third-order valence-electron chi connectivity index (χ3n) is 5.47. The summed E-state index contributed by atoms with van der Waals surface area (Å²) in [4.78, 5) is 17.1. The molecule has 3 aromatic rings. The van der Waals surface area contributed by atoms with E-state index >= 15 is 0 Å². The highest BCUT2D eigenvalue weighted by atomic mass is 127. The van der Waals surface area contributed by atoms with Gasteiger partial charge in [0.15, 0.2) is 17.3 Å². The molecule has 5 rings (SSSR count). The zero-order valence-electron chi connectivity index (χ0n) is 20.4. The van der Waals surface area contributed by atoms with Gasteiger partial charge in [0.05, 0.1) is 15.8 Å². The second-order valence-electron chi connectivity index (χ2n) is 8.15. The second kappa shape index (κ2) is 11.8. The average molecular weight is 638 g/mol. The maximum Gasteiger partial charge on any atom is 0.283 e. The highest BCUT2D eigenvalue weighted by molar-refractivity contribution is 14.1. The van der Waals surface area contributed by atoms with Crippen LogP contribution in [0.4, 0.5) is 0 Å². The number of benzene rings is 3. The van der Waals surface area contributed by atoms with Gasteiger partial charge in [0, 0.05) is 0 Å². The number of nitrogens with one attached hydrogen (secondary N) is 1. The molecule has 38 heavy (non-hydrogen) atoms. The normalized spacial score (nSPS) is 15.7. The summed E-state index contributed by atoms with van der Waals surface area (Å²) in [6.45, 7) is 2.97. The zero-order valence-corrected chi connectivity index (χ0v) is 23.4. The number of ether oxygens (including phenoxy) is 3. The molecule has 0 radical (unpaired) electrons. The van der Waals surface area contributed by atoms with E-state index in [4.69, 9.17) is 19.6 Å². The zero-order chi connectivity index (χ0) is 26.5. The third-order valence-corrected chi connectivity index (χ3v) is 7.15. The van der Waals surface area contributed by atoms with Gasteiger partial charge in [0.25, 0.3) is 5.91 Å². The number of rotatable bonds is 9. The van der Waals surface area contributed by atoms with Crippen LogP contribution in [0.2, 0.25) is 0 Å². The molecule has 0 aliphatic carbocycles. The van der Waals surface area contributed by atoms with Gasteiger partial charge in [-0.3, -0.25) is 10.2 Å². The van der Waals surface area contributed by atoms with Crippen LogP contribution in [0.25, 0.3) is 6.08 Å². The van der Waals surface area contributed by atoms with E-state index in [2.05, 4.69) is 32.7 Å². The van der Waals surface area contributed by atoms with Gasteiger partial charge in [-0.2, -0.15) is 15.1 Å². The van der Waals surface area contributed by atoms with E-state index in [9.17, 15) is 4.79 Å². The second-order valence-corrected chi connectivity index (χ2v) is 10.4. The Balaban J connectivity index is 1.36. The van der Waals surface area contributed by atoms with Gasteiger partial charge >= 0.3 is 0 Å². The molecule has 10 heteroatoms. The molecular weight excluding hydrogens is 615 g/mol. The summed E-state index contributed by atoms with van der Waals surface area (Å²) in [7, 11) is 0. The minimum absolute atomic E-state index is 0.0421. The van der Waals surface area contributed by atoms with Crippen LogP contribution in [0.5, 0.6) is 17.2 Å². The van der Waals surface area contributed by atoms with Crippen LogP contribution in [0, 0.1) is 8.98 Å². The molecule has 0 saturated heterocycles. The van der Waals surface area contributed by atoms with Crippen LogP contribution in [0.15, 0.2) is 88.5 Å². The number of nitrogens with zero attached hydrogens (tertiary/aromatic N) is 3. The Morgan fingerprint density at radius 2 is 1.74 bits per heavy atom. The number of hydrazone groups is 1. The van der Waals surface area contributed by atoms with E-state index < -0.39 is 5.91 Å². The highest BCUT2D eigenvalue weighted by Gasteiger charge is 2.35. The number of aliphatic imine (C=N–C) groups is 1. The van der Waals surface area contributed by atoms with E-state index in [0.717, 1.165) is 9.13 Å². The smallest absolute Gasteiger partial charge is 0.283 e. The molecule has 0 unspecified atom stereocenters. The first-order valence-corrected chi connectivity index (χ1v) is 13.7. The maximum atomic E-state index is 12.9. The number of carbonyl (C=O) groups is 1. The molecule has 3 aromatic carbocycles. The topological polar surface area (TPSA) is 96.6 Å². The summed E-state index contributed by atoms with van der Waals surface area (Å²) in [6, 6.07) is 23.0. The lowest BCUT2D eigenvalue weighted by Crippen LogP contribution is -2.35. The number of halogens is 1. The van der Waals surface area contributed by atoms with Crippen LogP contribution in [-0.2, 0) is 11.4 Å². The van der Waals surface area contributed by atoms with E-state index in [1.54, 1.807) is 12.1 Å². The minimum Gasteiger partial charge on any atom is -0.490 e. The lowest BCUT2D eigenvalue weighted by atomic mass is 10.1. The Kier molecular flexibility index (Phi) is 8.08. The van der Waals surface area contributed by atoms with E-state index in [0.29, 0.717) is 46.2 Å². The van der Waals surface area contributed by atoms with Crippen molar-refractivity contribution >= 4 is 62.4 Å². The molecule has 1 N–H and O–H groups in total. The van der Waals surface area contributed by atoms with Crippen molar-refractivity contribution < 1.29 is 19.0 Å². The SMILES string of the molecule is CCOc1cc(/C=C2/C(=N)N3N=C(COc4ccccc4)SC3=NC2=O)cc(I)c1OCc1ccccc1. The van der Waals surface area contributed by atoms with Crippen molar-refractivity contribution in [2.75, 3.05) is 13.2 Å². The summed E-state index contributed by atoms with van der Waals surface area (Å²) in [5, 5.41) is 15.5. The molecule has 2 aliphatic heterocycles. The van der Waals surface area contributed by atoms with Gasteiger partial charge in [-0.15, -0.1) is 0 Å². The molecule has 0 atom stereocenters. The Morgan fingerprint density at radius 3 is 2.47 bits per heavy atom. The van der Waals surface area contributed by atoms with Gasteiger partial charge in [-0.25, -0.2) is 0 Å². The Hall–Kier alpha value is -3.64. The average Bonchev–Trinajstić information content (AvgIpc) is 3.34. The third kappa shape index (κ3) is 5.91. The van der Waals surface area contributed by atoms with Crippen LogP contribution < -0.4 is 14.2 Å².